The lowest BCUT2D eigenvalue weighted by Gasteiger charge is -2.20. The highest BCUT2D eigenvalue weighted by atomic mass is 19.1. The standard InChI is InChI=1S/C16H16FNO2/c1-20-16-5-2-11(8-15(16)19)10-18-7-6-12-3-4-13(17)9-14(12)18/h2-5,8-9,19H,6-7,10H2,1H3. The van der Waals surface area contributed by atoms with E-state index in [4.69, 9.17) is 4.74 Å². The normalized spacial score (nSPS) is 13.4. The number of aromatic hydroxyl groups is 1. The van der Waals surface area contributed by atoms with Crippen LogP contribution in [0.5, 0.6) is 11.5 Å². The fraction of sp³-hybridized carbons (Fsp3) is 0.250. The van der Waals surface area contributed by atoms with Crippen molar-refractivity contribution in [3.63, 3.8) is 0 Å². The largest absolute Gasteiger partial charge is 0.504 e. The molecule has 2 aromatic rings. The number of methoxy groups -OCH3 is 1. The molecule has 1 heterocycles. The number of phenols is 1. The van der Waals surface area contributed by atoms with Crippen molar-refractivity contribution in [1.82, 2.24) is 0 Å². The fourth-order valence-corrected chi connectivity index (χ4v) is 2.64. The van der Waals surface area contributed by atoms with Crippen LogP contribution < -0.4 is 9.64 Å². The molecule has 3 nitrogen and oxygen atoms in total. The van der Waals surface area contributed by atoms with Crippen molar-refractivity contribution in [1.29, 1.82) is 0 Å². The summed E-state index contributed by atoms with van der Waals surface area (Å²) in [6, 6.07) is 10.3. The number of anilines is 1. The first-order valence-corrected chi connectivity index (χ1v) is 6.56. The van der Waals surface area contributed by atoms with Crippen molar-refractivity contribution in [2.45, 2.75) is 13.0 Å². The molecule has 0 spiro atoms. The van der Waals surface area contributed by atoms with Crippen LogP contribution in [0.15, 0.2) is 36.4 Å². The first-order chi connectivity index (χ1) is 9.67. The third kappa shape index (κ3) is 2.29. The van der Waals surface area contributed by atoms with E-state index in [0.29, 0.717) is 12.3 Å². The average molecular weight is 273 g/mol. The minimum atomic E-state index is -0.215. The Labute approximate surface area is 117 Å². The number of rotatable bonds is 3. The van der Waals surface area contributed by atoms with E-state index in [1.54, 1.807) is 18.2 Å². The molecule has 0 atom stereocenters. The van der Waals surface area contributed by atoms with Crippen LogP contribution in [-0.4, -0.2) is 18.8 Å². The summed E-state index contributed by atoms with van der Waals surface area (Å²) in [6.07, 6.45) is 0.928. The molecule has 1 aliphatic heterocycles. The Bertz CT molecular complexity index is 642. The lowest BCUT2D eigenvalue weighted by atomic mass is 10.1. The van der Waals surface area contributed by atoms with Crippen molar-refractivity contribution in [3.05, 3.63) is 53.3 Å². The van der Waals surface area contributed by atoms with Gasteiger partial charge in [0, 0.05) is 18.8 Å². The van der Waals surface area contributed by atoms with Crippen LogP contribution in [-0.2, 0) is 13.0 Å². The van der Waals surface area contributed by atoms with Gasteiger partial charge in [0.15, 0.2) is 11.5 Å². The summed E-state index contributed by atoms with van der Waals surface area (Å²) in [6.45, 7) is 1.51. The zero-order chi connectivity index (χ0) is 14.1. The second kappa shape index (κ2) is 5.04. The summed E-state index contributed by atoms with van der Waals surface area (Å²) in [4.78, 5) is 2.12. The van der Waals surface area contributed by atoms with Gasteiger partial charge in [-0.1, -0.05) is 12.1 Å². The highest BCUT2D eigenvalue weighted by Crippen LogP contribution is 2.32. The smallest absolute Gasteiger partial charge is 0.160 e. The molecule has 0 bridgehead atoms. The number of hydrogen-bond acceptors (Lipinski definition) is 3. The summed E-state index contributed by atoms with van der Waals surface area (Å²) < 4.78 is 18.4. The van der Waals surface area contributed by atoms with Crippen LogP contribution >= 0.6 is 0 Å². The zero-order valence-electron chi connectivity index (χ0n) is 11.3. The number of hydrogen-bond donors (Lipinski definition) is 1. The van der Waals surface area contributed by atoms with E-state index in [1.165, 1.54) is 18.7 Å². The SMILES string of the molecule is COc1ccc(CN2CCc3ccc(F)cc32)cc1O. The maximum Gasteiger partial charge on any atom is 0.160 e. The second-order valence-corrected chi connectivity index (χ2v) is 4.95. The van der Waals surface area contributed by atoms with E-state index in [1.807, 2.05) is 12.1 Å². The van der Waals surface area contributed by atoms with Gasteiger partial charge in [-0.15, -0.1) is 0 Å². The molecule has 3 rings (SSSR count). The fourth-order valence-electron chi connectivity index (χ4n) is 2.64. The molecular weight excluding hydrogens is 257 g/mol. The van der Waals surface area contributed by atoms with Gasteiger partial charge in [0.05, 0.1) is 7.11 Å². The van der Waals surface area contributed by atoms with E-state index >= 15 is 0 Å². The molecule has 1 aliphatic rings. The van der Waals surface area contributed by atoms with Crippen LogP contribution in [0, 0.1) is 5.82 Å². The molecule has 20 heavy (non-hydrogen) atoms. The van der Waals surface area contributed by atoms with Gasteiger partial charge < -0.3 is 14.7 Å². The molecule has 104 valence electrons. The van der Waals surface area contributed by atoms with Crippen LogP contribution in [0.4, 0.5) is 10.1 Å². The molecule has 0 aromatic heterocycles. The Kier molecular flexibility index (Phi) is 3.22. The molecule has 0 unspecified atom stereocenters. The molecule has 2 aromatic carbocycles. The lowest BCUT2D eigenvalue weighted by molar-refractivity contribution is 0.373. The van der Waals surface area contributed by atoms with Crippen molar-refractivity contribution in [2.75, 3.05) is 18.6 Å². The van der Waals surface area contributed by atoms with E-state index in [2.05, 4.69) is 4.90 Å². The molecule has 0 saturated carbocycles. The Morgan fingerprint density at radius 1 is 1.25 bits per heavy atom. The molecule has 0 radical (unpaired) electrons. The molecule has 0 aliphatic carbocycles. The zero-order valence-corrected chi connectivity index (χ0v) is 11.3. The minimum Gasteiger partial charge on any atom is -0.504 e. The van der Waals surface area contributed by atoms with Gasteiger partial charge in [0.25, 0.3) is 0 Å². The molecule has 4 heteroatoms. The Morgan fingerprint density at radius 2 is 2.10 bits per heavy atom. The van der Waals surface area contributed by atoms with Crippen molar-refractivity contribution >= 4 is 5.69 Å². The number of phenolic OH excluding ortho intramolecular Hbond substituents is 1. The van der Waals surface area contributed by atoms with Crippen LogP contribution in [0.3, 0.4) is 0 Å². The monoisotopic (exact) mass is 273 g/mol. The molecule has 0 saturated heterocycles. The van der Waals surface area contributed by atoms with Gasteiger partial charge in [-0.05, 0) is 41.8 Å². The topological polar surface area (TPSA) is 32.7 Å². The summed E-state index contributed by atoms with van der Waals surface area (Å²) in [7, 11) is 1.52. The van der Waals surface area contributed by atoms with E-state index in [-0.39, 0.29) is 11.6 Å². The van der Waals surface area contributed by atoms with Gasteiger partial charge in [0.1, 0.15) is 5.82 Å². The van der Waals surface area contributed by atoms with Crippen LogP contribution in [0.2, 0.25) is 0 Å². The van der Waals surface area contributed by atoms with E-state index < -0.39 is 0 Å². The average Bonchev–Trinajstić information content (AvgIpc) is 2.82. The van der Waals surface area contributed by atoms with Gasteiger partial charge in [-0.25, -0.2) is 4.39 Å². The highest BCUT2D eigenvalue weighted by Gasteiger charge is 2.19. The van der Waals surface area contributed by atoms with E-state index in [0.717, 1.165) is 24.2 Å². The van der Waals surface area contributed by atoms with Crippen molar-refractivity contribution < 1.29 is 14.2 Å². The summed E-state index contributed by atoms with van der Waals surface area (Å²) in [5.41, 5.74) is 3.09. The molecule has 0 amide bonds. The van der Waals surface area contributed by atoms with Gasteiger partial charge in [-0.3, -0.25) is 0 Å². The first kappa shape index (κ1) is 12.8. The third-order valence-corrected chi connectivity index (χ3v) is 3.66. The maximum absolute atomic E-state index is 13.4. The Hall–Kier alpha value is -2.23. The van der Waals surface area contributed by atoms with Gasteiger partial charge in [-0.2, -0.15) is 0 Å². The predicted octanol–water partition coefficient (Wildman–Crippen LogP) is 3.10. The van der Waals surface area contributed by atoms with Gasteiger partial charge in [0.2, 0.25) is 0 Å². The van der Waals surface area contributed by atoms with Gasteiger partial charge >= 0.3 is 0 Å². The molecule has 1 N–H and O–H groups in total. The van der Waals surface area contributed by atoms with Crippen LogP contribution in [0.25, 0.3) is 0 Å². The highest BCUT2D eigenvalue weighted by molar-refractivity contribution is 5.58. The first-order valence-electron chi connectivity index (χ1n) is 6.56. The number of benzene rings is 2. The Balaban J connectivity index is 1.83. The van der Waals surface area contributed by atoms with E-state index in [9.17, 15) is 9.50 Å². The molecular formula is C16H16FNO2. The number of halogens is 1. The van der Waals surface area contributed by atoms with Crippen LogP contribution in [0.1, 0.15) is 11.1 Å². The van der Waals surface area contributed by atoms with Crippen molar-refractivity contribution in [3.8, 4) is 11.5 Å². The summed E-state index contributed by atoms with van der Waals surface area (Å²) in [5, 5.41) is 9.80. The number of ether oxygens (including phenoxy) is 1. The number of fused-ring (bicyclic) bond motifs is 1. The number of nitrogens with zero attached hydrogens (tertiary/aromatic N) is 1. The predicted molar refractivity (Wildman–Crippen MR) is 75.8 cm³/mol. The minimum absolute atomic E-state index is 0.128. The maximum atomic E-state index is 13.4. The second-order valence-electron chi connectivity index (χ2n) is 4.95. The van der Waals surface area contributed by atoms with Crippen molar-refractivity contribution in [2.24, 2.45) is 0 Å². The Morgan fingerprint density at radius 3 is 2.85 bits per heavy atom. The third-order valence-electron chi connectivity index (χ3n) is 3.66. The summed E-state index contributed by atoms with van der Waals surface area (Å²) in [5.74, 6) is 0.374. The molecule has 0 fully saturated rings. The quantitative estimate of drug-likeness (QED) is 0.932. The summed E-state index contributed by atoms with van der Waals surface area (Å²) >= 11 is 0. The lowest BCUT2D eigenvalue weighted by Crippen LogP contribution is -2.19.